The Morgan fingerprint density at radius 1 is 1.00 bits per heavy atom. The molecule has 37 heavy (non-hydrogen) atoms. The summed E-state index contributed by atoms with van der Waals surface area (Å²) in [5, 5.41) is 10.3. The van der Waals surface area contributed by atoms with Crippen LogP contribution < -0.4 is 0 Å². The molecular weight excluding hydrogens is 537 g/mol. The number of rotatable bonds is 8. The predicted molar refractivity (Wildman–Crippen MR) is 148 cm³/mol. The van der Waals surface area contributed by atoms with E-state index in [2.05, 4.69) is 43.3 Å². The molecule has 5 rings (SSSR count). The molecule has 212 valence electrons. The molecule has 11 atom stereocenters. The second kappa shape index (κ2) is 10.1. The van der Waals surface area contributed by atoms with E-state index in [4.69, 9.17) is 0 Å². The first kappa shape index (κ1) is 28.5. The van der Waals surface area contributed by atoms with Crippen LogP contribution in [-0.4, -0.2) is 23.2 Å². The Kier molecular flexibility index (Phi) is 7.78. The minimum atomic E-state index is -4.04. The van der Waals surface area contributed by atoms with Gasteiger partial charge in [0.1, 0.15) is 0 Å². The maximum absolute atomic E-state index is 13.9. The summed E-state index contributed by atoms with van der Waals surface area (Å²) in [5.41, 5.74) is 1.89. The summed E-state index contributed by atoms with van der Waals surface area (Å²) in [7, 11) is 0. The molecule has 5 saturated carbocycles. The van der Waals surface area contributed by atoms with Crippen LogP contribution in [0.3, 0.4) is 0 Å². The lowest BCUT2D eigenvalue weighted by atomic mass is 9.38. The average Bonchev–Trinajstić information content (AvgIpc) is 3.19. The van der Waals surface area contributed by atoms with Gasteiger partial charge in [0, 0.05) is 11.9 Å². The van der Waals surface area contributed by atoms with Crippen molar-refractivity contribution in [2.75, 3.05) is 11.9 Å². The molecule has 0 aromatic carbocycles. The van der Waals surface area contributed by atoms with Gasteiger partial charge in [-0.25, -0.2) is 0 Å². The molecule has 5 aliphatic carbocycles. The SMILES string of the molecule is C=C(CBr)C1CCCC1C1CCC2C34C(CC[C@@]2(C)[C@]1(C)CCCCCO)CC(C(F)(F)F)CC3C4C. The van der Waals surface area contributed by atoms with E-state index in [9.17, 15) is 18.3 Å². The molecule has 0 aromatic heterocycles. The van der Waals surface area contributed by atoms with Gasteiger partial charge in [-0.05, 0) is 122 Å². The number of hydrogen-bond donors (Lipinski definition) is 1. The van der Waals surface area contributed by atoms with Crippen molar-refractivity contribution in [3.63, 3.8) is 0 Å². The normalized spacial score (nSPS) is 49.2. The fourth-order valence-corrected chi connectivity index (χ4v) is 12.2. The summed E-state index contributed by atoms with van der Waals surface area (Å²) in [4.78, 5) is 0. The summed E-state index contributed by atoms with van der Waals surface area (Å²) < 4.78 is 41.6. The minimum absolute atomic E-state index is 0.153. The molecule has 0 aliphatic heterocycles. The Balaban J connectivity index is 1.48. The monoisotopic (exact) mass is 586 g/mol. The molecule has 0 heterocycles. The minimum Gasteiger partial charge on any atom is -0.396 e. The van der Waals surface area contributed by atoms with E-state index in [1.54, 1.807) is 0 Å². The molecule has 1 N–H and O–H groups in total. The third-order valence-corrected chi connectivity index (χ3v) is 14.3. The van der Waals surface area contributed by atoms with E-state index in [0.717, 1.165) is 37.4 Å². The van der Waals surface area contributed by atoms with E-state index < -0.39 is 12.1 Å². The fraction of sp³-hybridized carbons (Fsp3) is 0.938. The van der Waals surface area contributed by atoms with Crippen LogP contribution in [0.2, 0.25) is 0 Å². The van der Waals surface area contributed by atoms with Crippen molar-refractivity contribution < 1.29 is 18.3 Å². The number of hydrogen-bond acceptors (Lipinski definition) is 1. The fourth-order valence-electron chi connectivity index (χ4n) is 11.8. The molecule has 1 spiro atoms. The Morgan fingerprint density at radius 3 is 2.43 bits per heavy atom. The van der Waals surface area contributed by atoms with Crippen molar-refractivity contribution in [2.24, 2.45) is 63.6 Å². The lowest BCUT2D eigenvalue weighted by Gasteiger charge is -2.67. The largest absolute Gasteiger partial charge is 0.396 e. The van der Waals surface area contributed by atoms with Gasteiger partial charge in [0.25, 0.3) is 0 Å². The quantitative estimate of drug-likeness (QED) is 0.170. The predicted octanol–water partition coefficient (Wildman–Crippen LogP) is 9.58. The highest BCUT2D eigenvalue weighted by Gasteiger charge is 2.78. The van der Waals surface area contributed by atoms with Crippen molar-refractivity contribution in [2.45, 2.75) is 110 Å². The molecule has 0 amide bonds. The van der Waals surface area contributed by atoms with Crippen molar-refractivity contribution in [1.29, 1.82) is 0 Å². The van der Waals surface area contributed by atoms with Gasteiger partial charge in [0.05, 0.1) is 5.92 Å². The van der Waals surface area contributed by atoms with E-state index >= 15 is 0 Å². The van der Waals surface area contributed by atoms with Crippen LogP contribution in [0.25, 0.3) is 0 Å². The second-order valence-corrected chi connectivity index (χ2v) is 15.0. The highest BCUT2D eigenvalue weighted by atomic mass is 79.9. The average molecular weight is 588 g/mol. The van der Waals surface area contributed by atoms with Gasteiger partial charge >= 0.3 is 6.18 Å². The van der Waals surface area contributed by atoms with Crippen molar-refractivity contribution in [3.8, 4) is 0 Å². The van der Waals surface area contributed by atoms with Gasteiger partial charge in [0.15, 0.2) is 0 Å². The molecule has 1 nitrogen and oxygen atoms in total. The van der Waals surface area contributed by atoms with Gasteiger partial charge in [0.2, 0.25) is 0 Å². The smallest absolute Gasteiger partial charge is 0.391 e. The van der Waals surface area contributed by atoms with E-state index in [-0.39, 0.29) is 34.7 Å². The Bertz CT molecular complexity index is 857. The highest BCUT2D eigenvalue weighted by Crippen LogP contribution is 2.83. The zero-order valence-electron chi connectivity index (χ0n) is 23.4. The first-order valence-corrected chi connectivity index (χ1v) is 16.5. The topological polar surface area (TPSA) is 20.2 Å². The third kappa shape index (κ3) is 4.24. The summed E-state index contributed by atoms with van der Waals surface area (Å²) in [6, 6.07) is 0. The Hall–Kier alpha value is -0.0300. The van der Waals surface area contributed by atoms with Crippen molar-refractivity contribution in [1.82, 2.24) is 0 Å². The van der Waals surface area contributed by atoms with E-state index in [1.807, 2.05) is 0 Å². The van der Waals surface area contributed by atoms with Crippen LogP contribution in [0.4, 0.5) is 13.2 Å². The van der Waals surface area contributed by atoms with E-state index in [0.29, 0.717) is 42.4 Å². The second-order valence-electron chi connectivity index (χ2n) is 14.4. The number of alkyl halides is 4. The molecule has 5 aliphatic rings. The van der Waals surface area contributed by atoms with Crippen molar-refractivity contribution in [3.05, 3.63) is 12.2 Å². The van der Waals surface area contributed by atoms with Gasteiger partial charge in [-0.2, -0.15) is 13.2 Å². The summed E-state index contributed by atoms with van der Waals surface area (Å²) in [5.74, 6) is 2.40. The van der Waals surface area contributed by atoms with Crippen LogP contribution in [-0.2, 0) is 0 Å². The van der Waals surface area contributed by atoms with Gasteiger partial charge < -0.3 is 5.11 Å². The summed E-state index contributed by atoms with van der Waals surface area (Å²) in [6.07, 6.45) is 9.39. The van der Waals surface area contributed by atoms with Crippen LogP contribution in [0.1, 0.15) is 104 Å². The summed E-state index contributed by atoms with van der Waals surface area (Å²) >= 11 is 3.70. The van der Waals surface area contributed by atoms with Gasteiger partial charge in [-0.3, -0.25) is 0 Å². The van der Waals surface area contributed by atoms with Crippen LogP contribution >= 0.6 is 15.9 Å². The molecule has 9 unspecified atom stereocenters. The lowest BCUT2D eigenvalue weighted by molar-refractivity contribution is -0.214. The molecule has 0 bridgehead atoms. The van der Waals surface area contributed by atoms with Crippen molar-refractivity contribution >= 4 is 15.9 Å². The molecule has 5 fully saturated rings. The van der Waals surface area contributed by atoms with Crippen LogP contribution in [0.5, 0.6) is 0 Å². The Morgan fingerprint density at radius 2 is 1.76 bits per heavy atom. The molecule has 0 aromatic rings. The molecule has 0 radical (unpaired) electrons. The van der Waals surface area contributed by atoms with Crippen LogP contribution in [0, 0.1) is 63.6 Å². The number of fused-ring (bicyclic) bond motifs is 1. The van der Waals surface area contributed by atoms with Gasteiger partial charge in [-0.15, -0.1) is 0 Å². The molecular formula is C32H50BrF3O. The highest BCUT2D eigenvalue weighted by molar-refractivity contribution is 9.09. The number of aliphatic hydroxyl groups is 1. The lowest BCUT2D eigenvalue weighted by Crippen LogP contribution is -2.60. The molecule has 0 saturated heterocycles. The van der Waals surface area contributed by atoms with Crippen LogP contribution in [0.15, 0.2) is 12.2 Å². The third-order valence-electron chi connectivity index (χ3n) is 13.6. The zero-order chi connectivity index (χ0) is 26.8. The molecule has 5 heteroatoms. The number of halogens is 4. The zero-order valence-corrected chi connectivity index (χ0v) is 25.0. The van der Waals surface area contributed by atoms with E-state index in [1.165, 1.54) is 44.1 Å². The number of aliphatic hydroxyl groups excluding tert-OH is 1. The van der Waals surface area contributed by atoms with Gasteiger partial charge in [-0.1, -0.05) is 68.1 Å². The maximum atomic E-state index is 13.9. The summed E-state index contributed by atoms with van der Waals surface area (Å²) in [6.45, 7) is 12.2. The maximum Gasteiger partial charge on any atom is 0.391 e. The first-order valence-electron chi connectivity index (χ1n) is 15.4. The number of unbranched alkanes of at least 4 members (excludes halogenated alkanes) is 2. The standard InChI is InChI=1S/C32H50BrF3O/c1-20(19-33)24-9-8-10-25(24)26-11-12-28-30(4,29(26,3)14-6-5-7-16-37)15-13-22-17-23(32(34,35)36)18-27-21(2)31(22,27)28/h21-28,37H,1,5-19H2,2-4H3/t21?,22?,23?,24?,25?,26?,27?,28?,29-,30-,31?/m1/s1. The Labute approximate surface area is 231 Å². The first-order chi connectivity index (χ1) is 17.5. The number of allylic oxidation sites excluding steroid dienone is 1.